The molecular weight excluding hydrogens is 242 g/mol. The van der Waals surface area contributed by atoms with Crippen LogP contribution in [0.25, 0.3) is 0 Å². The van der Waals surface area contributed by atoms with E-state index in [2.05, 4.69) is 16.9 Å². The molecule has 0 spiro atoms. The first-order valence-electron chi connectivity index (χ1n) is 6.74. The second-order valence-electron chi connectivity index (χ2n) is 5.48. The van der Waals surface area contributed by atoms with Gasteiger partial charge in [0.2, 0.25) is 0 Å². The van der Waals surface area contributed by atoms with Gasteiger partial charge in [-0.2, -0.15) is 5.10 Å². The fourth-order valence-corrected chi connectivity index (χ4v) is 2.95. The van der Waals surface area contributed by atoms with Gasteiger partial charge in [-0.15, -0.1) is 0 Å². The average molecular weight is 265 g/mol. The van der Waals surface area contributed by atoms with Crippen LogP contribution in [0.4, 0.5) is 5.82 Å². The van der Waals surface area contributed by atoms with Crippen LogP contribution < -0.4 is 16.4 Å². The van der Waals surface area contributed by atoms with Crippen molar-refractivity contribution in [3.8, 4) is 0 Å². The summed E-state index contributed by atoms with van der Waals surface area (Å²) < 4.78 is 1.75. The number of hydrogen-bond donors (Lipinski definition) is 2. The van der Waals surface area contributed by atoms with E-state index in [0.29, 0.717) is 29.6 Å². The van der Waals surface area contributed by atoms with Gasteiger partial charge in [0.1, 0.15) is 11.4 Å². The van der Waals surface area contributed by atoms with Gasteiger partial charge in [-0.1, -0.05) is 6.92 Å². The summed E-state index contributed by atoms with van der Waals surface area (Å²) in [6.45, 7) is 6.49. The minimum atomic E-state index is -0.413. The van der Waals surface area contributed by atoms with Gasteiger partial charge in [0.25, 0.3) is 5.91 Å². The zero-order valence-electron chi connectivity index (χ0n) is 11.9. The van der Waals surface area contributed by atoms with Crippen molar-refractivity contribution >= 4 is 11.7 Å². The number of anilines is 1. The summed E-state index contributed by atoms with van der Waals surface area (Å²) in [4.78, 5) is 13.8. The molecule has 2 heterocycles. The molecule has 1 aliphatic heterocycles. The molecule has 0 aliphatic carbocycles. The van der Waals surface area contributed by atoms with Crippen LogP contribution in [0.5, 0.6) is 0 Å². The lowest BCUT2D eigenvalue weighted by molar-refractivity contribution is 0.1000. The lowest BCUT2D eigenvalue weighted by Gasteiger charge is -2.38. The highest BCUT2D eigenvalue weighted by Crippen LogP contribution is 2.29. The van der Waals surface area contributed by atoms with Crippen LogP contribution >= 0.6 is 0 Å². The second kappa shape index (κ2) is 5.21. The van der Waals surface area contributed by atoms with Crippen LogP contribution in [-0.2, 0) is 7.05 Å². The van der Waals surface area contributed by atoms with E-state index in [9.17, 15) is 4.79 Å². The molecule has 1 aromatic heterocycles. The fraction of sp³-hybridized carbons (Fsp3) is 0.692. The van der Waals surface area contributed by atoms with Crippen molar-refractivity contribution in [2.45, 2.75) is 20.3 Å². The fourth-order valence-electron chi connectivity index (χ4n) is 2.95. The van der Waals surface area contributed by atoms with Crippen LogP contribution in [0.15, 0.2) is 0 Å². The molecule has 6 heteroatoms. The van der Waals surface area contributed by atoms with E-state index in [1.807, 2.05) is 14.0 Å². The largest absolute Gasteiger partial charge is 0.365 e. The SMILES string of the molecule is Cc1nn(C)c(N2CCC(C)C(CN)C2)c1C(N)=O. The van der Waals surface area contributed by atoms with Gasteiger partial charge in [-0.25, -0.2) is 0 Å². The summed E-state index contributed by atoms with van der Waals surface area (Å²) in [6, 6.07) is 0. The Balaban J connectivity index is 2.34. The van der Waals surface area contributed by atoms with Gasteiger partial charge in [0.15, 0.2) is 0 Å². The monoisotopic (exact) mass is 265 g/mol. The molecule has 1 aromatic rings. The van der Waals surface area contributed by atoms with Gasteiger partial charge in [0.05, 0.1) is 5.69 Å². The van der Waals surface area contributed by atoms with Gasteiger partial charge in [-0.05, 0) is 31.7 Å². The highest BCUT2D eigenvalue weighted by atomic mass is 16.1. The van der Waals surface area contributed by atoms with E-state index in [-0.39, 0.29) is 0 Å². The number of nitrogens with zero attached hydrogens (tertiary/aromatic N) is 3. The van der Waals surface area contributed by atoms with Crippen LogP contribution in [0.2, 0.25) is 0 Å². The van der Waals surface area contributed by atoms with Crippen LogP contribution in [-0.4, -0.2) is 35.3 Å². The maximum Gasteiger partial charge on any atom is 0.254 e. The number of nitrogens with two attached hydrogens (primary N) is 2. The highest BCUT2D eigenvalue weighted by molar-refractivity contribution is 5.99. The van der Waals surface area contributed by atoms with Crippen LogP contribution in [0.3, 0.4) is 0 Å². The Kier molecular flexibility index (Phi) is 3.80. The average Bonchev–Trinajstić information content (AvgIpc) is 2.65. The Morgan fingerprint density at radius 3 is 2.79 bits per heavy atom. The Morgan fingerprint density at radius 1 is 1.53 bits per heavy atom. The number of carbonyl (C=O) groups excluding carboxylic acids is 1. The molecule has 106 valence electrons. The van der Waals surface area contributed by atoms with Gasteiger partial charge in [0, 0.05) is 20.1 Å². The molecule has 1 fully saturated rings. The highest BCUT2D eigenvalue weighted by Gasteiger charge is 2.30. The summed E-state index contributed by atoms with van der Waals surface area (Å²) in [7, 11) is 1.85. The van der Waals surface area contributed by atoms with Crippen LogP contribution in [0, 0.1) is 18.8 Å². The molecule has 1 aliphatic rings. The lowest BCUT2D eigenvalue weighted by atomic mass is 9.87. The van der Waals surface area contributed by atoms with Crippen molar-refractivity contribution < 1.29 is 4.79 Å². The summed E-state index contributed by atoms with van der Waals surface area (Å²) >= 11 is 0. The minimum absolute atomic E-state index is 0.413. The first kappa shape index (κ1) is 13.9. The number of amides is 1. The molecule has 2 atom stereocenters. The van der Waals surface area contributed by atoms with Crippen molar-refractivity contribution in [3.05, 3.63) is 11.3 Å². The molecule has 19 heavy (non-hydrogen) atoms. The second-order valence-corrected chi connectivity index (χ2v) is 5.48. The maximum absolute atomic E-state index is 11.6. The van der Waals surface area contributed by atoms with Crippen molar-refractivity contribution in [2.24, 2.45) is 30.4 Å². The Morgan fingerprint density at radius 2 is 2.21 bits per heavy atom. The predicted molar refractivity (Wildman–Crippen MR) is 75.0 cm³/mol. The van der Waals surface area contributed by atoms with E-state index in [0.717, 1.165) is 25.3 Å². The van der Waals surface area contributed by atoms with Crippen LogP contribution in [0.1, 0.15) is 29.4 Å². The molecular formula is C13H23N5O. The number of piperidine rings is 1. The third kappa shape index (κ3) is 2.45. The summed E-state index contributed by atoms with van der Waals surface area (Å²) in [5.74, 6) is 1.48. The third-order valence-electron chi connectivity index (χ3n) is 4.15. The number of hydrogen-bond acceptors (Lipinski definition) is 4. The normalized spacial score (nSPS) is 23.7. The third-order valence-corrected chi connectivity index (χ3v) is 4.15. The zero-order valence-corrected chi connectivity index (χ0v) is 11.9. The van der Waals surface area contributed by atoms with Crippen molar-refractivity contribution in [1.82, 2.24) is 9.78 Å². The topological polar surface area (TPSA) is 90.2 Å². The van der Waals surface area contributed by atoms with Gasteiger partial charge < -0.3 is 16.4 Å². The van der Waals surface area contributed by atoms with E-state index in [4.69, 9.17) is 11.5 Å². The maximum atomic E-state index is 11.6. The van der Waals surface area contributed by atoms with Crippen molar-refractivity contribution in [1.29, 1.82) is 0 Å². The molecule has 2 unspecified atom stereocenters. The molecule has 1 saturated heterocycles. The number of aromatic nitrogens is 2. The summed E-state index contributed by atoms with van der Waals surface area (Å²) in [6.07, 6.45) is 1.07. The quantitative estimate of drug-likeness (QED) is 0.819. The smallest absolute Gasteiger partial charge is 0.254 e. The summed E-state index contributed by atoms with van der Waals surface area (Å²) in [5.41, 5.74) is 12.5. The Bertz CT molecular complexity index is 482. The molecule has 0 bridgehead atoms. The first-order valence-corrected chi connectivity index (χ1v) is 6.74. The number of primary amides is 1. The molecule has 0 aromatic carbocycles. The van der Waals surface area contributed by atoms with Gasteiger partial charge >= 0.3 is 0 Å². The summed E-state index contributed by atoms with van der Waals surface area (Å²) in [5, 5.41) is 4.32. The standard InChI is InChI=1S/C13H23N5O/c1-8-4-5-18(7-10(8)6-14)13-11(12(15)19)9(2)16-17(13)3/h8,10H,4-7,14H2,1-3H3,(H2,15,19). The van der Waals surface area contributed by atoms with Gasteiger partial charge in [-0.3, -0.25) is 9.48 Å². The van der Waals surface area contributed by atoms with E-state index >= 15 is 0 Å². The van der Waals surface area contributed by atoms with Crippen molar-refractivity contribution in [3.63, 3.8) is 0 Å². The van der Waals surface area contributed by atoms with E-state index < -0.39 is 5.91 Å². The molecule has 2 rings (SSSR count). The van der Waals surface area contributed by atoms with E-state index in [1.165, 1.54) is 0 Å². The van der Waals surface area contributed by atoms with Crippen molar-refractivity contribution in [2.75, 3.05) is 24.5 Å². The molecule has 0 saturated carbocycles. The molecule has 0 radical (unpaired) electrons. The number of aryl methyl sites for hydroxylation is 2. The Hall–Kier alpha value is -1.56. The van der Waals surface area contributed by atoms with E-state index in [1.54, 1.807) is 4.68 Å². The number of rotatable bonds is 3. The molecule has 4 N–H and O–H groups in total. The molecule has 1 amide bonds. The minimum Gasteiger partial charge on any atom is -0.365 e. The molecule has 6 nitrogen and oxygen atoms in total. The first-order chi connectivity index (χ1) is 8.95. The lowest BCUT2D eigenvalue weighted by Crippen LogP contribution is -2.44. The predicted octanol–water partition coefficient (Wildman–Crippen LogP) is 0.249. The number of carbonyl (C=O) groups is 1. The zero-order chi connectivity index (χ0) is 14.2. The Labute approximate surface area is 113 Å².